The molecule has 0 bridgehead atoms. The maximum atomic E-state index is 10.6. The average Bonchev–Trinajstić information content (AvgIpc) is 2.11. The largest absolute Gasteiger partial charge is 0.480 e. The topological polar surface area (TPSA) is 60.8 Å². The molecule has 0 saturated heterocycles. The van der Waals surface area contributed by atoms with E-state index in [-0.39, 0.29) is 18.6 Å². The van der Waals surface area contributed by atoms with Gasteiger partial charge in [-0.2, -0.15) is 0 Å². The van der Waals surface area contributed by atoms with Crippen LogP contribution in [0.5, 0.6) is 0 Å². The van der Waals surface area contributed by atoms with Crippen LogP contribution in [0.4, 0.5) is 0 Å². The van der Waals surface area contributed by atoms with Crippen molar-refractivity contribution >= 4 is 5.97 Å². The fourth-order valence-corrected chi connectivity index (χ4v) is 1.37. The third-order valence-electron chi connectivity index (χ3n) is 2.70. The zero-order valence-electron chi connectivity index (χ0n) is 9.40. The molecule has 0 aliphatic heterocycles. The highest BCUT2D eigenvalue weighted by atomic mass is 16.4. The molecule has 0 amide bonds. The summed E-state index contributed by atoms with van der Waals surface area (Å²) in [7, 11) is 0. The molecule has 4 heteroatoms. The molecule has 0 aromatic carbocycles. The predicted octanol–water partition coefficient (Wildman–Crippen LogP) is 0.941. The Bertz CT molecular complexity index is 182. The smallest absolute Gasteiger partial charge is 0.317 e. The molecule has 0 aliphatic carbocycles. The van der Waals surface area contributed by atoms with Gasteiger partial charge in [0.25, 0.3) is 0 Å². The van der Waals surface area contributed by atoms with E-state index in [9.17, 15) is 9.90 Å². The lowest BCUT2D eigenvalue weighted by molar-refractivity contribution is -0.140. The molecule has 4 nitrogen and oxygen atoms in total. The second kappa shape index (κ2) is 5.98. The molecule has 0 radical (unpaired) electrons. The maximum Gasteiger partial charge on any atom is 0.317 e. The fraction of sp³-hybridized carbons (Fsp3) is 0.900. The Morgan fingerprint density at radius 2 is 1.86 bits per heavy atom. The summed E-state index contributed by atoms with van der Waals surface area (Å²) < 4.78 is 0. The van der Waals surface area contributed by atoms with Gasteiger partial charge in [0.15, 0.2) is 0 Å². The third kappa shape index (κ3) is 4.07. The van der Waals surface area contributed by atoms with E-state index < -0.39 is 12.1 Å². The van der Waals surface area contributed by atoms with Crippen LogP contribution in [0.1, 0.15) is 34.1 Å². The predicted molar refractivity (Wildman–Crippen MR) is 55.2 cm³/mol. The van der Waals surface area contributed by atoms with Gasteiger partial charge < -0.3 is 10.2 Å². The van der Waals surface area contributed by atoms with E-state index in [0.29, 0.717) is 0 Å². The molecule has 0 rings (SSSR count). The van der Waals surface area contributed by atoms with Gasteiger partial charge in [0.1, 0.15) is 0 Å². The lowest BCUT2D eigenvalue weighted by Gasteiger charge is -2.34. The van der Waals surface area contributed by atoms with Gasteiger partial charge >= 0.3 is 5.97 Å². The highest BCUT2D eigenvalue weighted by Crippen LogP contribution is 2.11. The van der Waals surface area contributed by atoms with Crippen LogP contribution in [-0.2, 0) is 4.79 Å². The number of hydrogen-bond acceptors (Lipinski definition) is 3. The summed E-state index contributed by atoms with van der Waals surface area (Å²) in [4.78, 5) is 12.4. The quantitative estimate of drug-likeness (QED) is 0.674. The number of hydrogen-bond donors (Lipinski definition) is 2. The Morgan fingerprint density at radius 3 is 2.14 bits per heavy atom. The van der Waals surface area contributed by atoms with Crippen LogP contribution in [0.15, 0.2) is 0 Å². The van der Waals surface area contributed by atoms with Crippen molar-refractivity contribution in [3.05, 3.63) is 0 Å². The van der Waals surface area contributed by atoms with Crippen LogP contribution in [0.25, 0.3) is 0 Å². The van der Waals surface area contributed by atoms with Crippen LogP contribution in [-0.4, -0.2) is 45.8 Å². The van der Waals surface area contributed by atoms with E-state index in [1.807, 2.05) is 25.7 Å². The van der Waals surface area contributed by atoms with Crippen molar-refractivity contribution in [1.29, 1.82) is 0 Å². The zero-order valence-corrected chi connectivity index (χ0v) is 9.40. The minimum atomic E-state index is -0.849. The van der Waals surface area contributed by atoms with Crippen LogP contribution in [0.2, 0.25) is 0 Å². The Balaban J connectivity index is 4.45. The molecular weight excluding hydrogens is 182 g/mol. The number of aliphatic hydroxyl groups excluding tert-OH is 1. The lowest BCUT2D eigenvalue weighted by Crippen LogP contribution is -2.47. The van der Waals surface area contributed by atoms with Crippen molar-refractivity contribution < 1.29 is 15.0 Å². The number of nitrogens with zero attached hydrogens (tertiary/aromatic N) is 1. The van der Waals surface area contributed by atoms with E-state index in [4.69, 9.17) is 5.11 Å². The van der Waals surface area contributed by atoms with Gasteiger partial charge in [0, 0.05) is 12.1 Å². The molecule has 0 heterocycles. The molecule has 14 heavy (non-hydrogen) atoms. The standard InChI is InChI=1S/C10H21NO3/c1-5-7(2)11(6-10(13)14)8(3)9(4)12/h7-9,12H,5-6H2,1-4H3,(H,13,14). The molecular formula is C10H21NO3. The molecule has 0 aromatic rings. The van der Waals surface area contributed by atoms with Gasteiger partial charge in [-0.3, -0.25) is 9.69 Å². The summed E-state index contributed by atoms with van der Waals surface area (Å²) in [6.45, 7) is 7.50. The van der Waals surface area contributed by atoms with Crippen LogP contribution in [0.3, 0.4) is 0 Å². The van der Waals surface area contributed by atoms with Crippen molar-refractivity contribution in [2.24, 2.45) is 0 Å². The van der Waals surface area contributed by atoms with Crippen molar-refractivity contribution in [3.63, 3.8) is 0 Å². The van der Waals surface area contributed by atoms with Gasteiger partial charge in [0.2, 0.25) is 0 Å². The van der Waals surface area contributed by atoms with Gasteiger partial charge in [-0.25, -0.2) is 0 Å². The highest BCUT2D eigenvalue weighted by molar-refractivity contribution is 5.69. The maximum absolute atomic E-state index is 10.6. The summed E-state index contributed by atoms with van der Waals surface area (Å²) in [5.74, 6) is -0.849. The van der Waals surface area contributed by atoms with Crippen LogP contribution in [0, 0.1) is 0 Å². The van der Waals surface area contributed by atoms with Crippen LogP contribution < -0.4 is 0 Å². The zero-order chi connectivity index (χ0) is 11.3. The molecule has 0 aliphatic rings. The Kier molecular flexibility index (Phi) is 5.72. The van der Waals surface area contributed by atoms with Crippen molar-refractivity contribution in [2.75, 3.05) is 6.54 Å². The van der Waals surface area contributed by atoms with Crippen molar-refractivity contribution in [1.82, 2.24) is 4.90 Å². The second-order valence-electron chi connectivity index (χ2n) is 3.80. The fourth-order valence-electron chi connectivity index (χ4n) is 1.37. The first-order chi connectivity index (χ1) is 6.40. The number of aliphatic hydroxyl groups is 1. The van der Waals surface area contributed by atoms with Gasteiger partial charge in [0.05, 0.1) is 12.6 Å². The second-order valence-corrected chi connectivity index (χ2v) is 3.80. The summed E-state index contributed by atoms with van der Waals surface area (Å²) >= 11 is 0. The SMILES string of the molecule is CCC(C)N(CC(=O)O)C(C)C(C)O. The first-order valence-electron chi connectivity index (χ1n) is 5.05. The summed E-state index contributed by atoms with van der Waals surface area (Å²) in [5, 5.41) is 18.1. The monoisotopic (exact) mass is 203 g/mol. The lowest BCUT2D eigenvalue weighted by atomic mass is 10.1. The summed E-state index contributed by atoms with van der Waals surface area (Å²) in [6, 6.07) is 0.0525. The van der Waals surface area contributed by atoms with E-state index >= 15 is 0 Å². The molecule has 3 unspecified atom stereocenters. The van der Waals surface area contributed by atoms with E-state index in [1.165, 1.54) is 0 Å². The Hall–Kier alpha value is -0.610. The van der Waals surface area contributed by atoms with Gasteiger partial charge in [-0.15, -0.1) is 0 Å². The normalized spacial score (nSPS) is 17.9. The van der Waals surface area contributed by atoms with Crippen LogP contribution >= 0.6 is 0 Å². The number of aliphatic carboxylic acids is 1. The number of carbonyl (C=O) groups is 1. The third-order valence-corrected chi connectivity index (χ3v) is 2.70. The minimum Gasteiger partial charge on any atom is -0.480 e. The van der Waals surface area contributed by atoms with Gasteiger partial charge in [-0.05, 0) is 27.2 Å². The minimum absolute atomic E-state index is 0.0128. The molecule has 2 N–H and O–H groups in total. The number of rotatable bonds is 6. The summed E-state index contributed by atoms with van der Waals surface area (Å²) in [6.07, 6.45) is 0.369. The van der Waals surface area contributed by atoms with E-state index in [2.05, 4.69) is 0 Å². The highest BCUT2D eigenvalue weighted by Gasteiger charge is 2.24. The van der Waals surface area contributed by atoms with Crippen molar-refractivity contribution in [2.45, 2.75) is 52.3 Å². The molecule has 84 valence electrons. The molecule has 0 spiro atoms. The van der Waals surface area contributed by atoms with E-state index in [1.54, 1.807) is 6.92 Å². The average molecular weight is 203 g/mol. The molecule has 0 saturated carbocycles. The molecule has 0 fully saturated rings. The molecule has 0 aromatic heterocycles. The first-order valence-corrected chi connectivity index (χ1v) is 5.05. The van der Waals surface area contributed by atoms with Crippen molar-refractivity contribution in [3.8, 4) is 0 Å². The van der Waals surface area contributed by atoms with E-state index in [0.717, 1.165) is 6.42 Å². The van der Waals surface area contributed by atoms with Gasteiger partial charge in [-0.1, -0.05) is 6.92 Å². The first kappa shape index (κ1) is 13.4. The number of carboxylic acids is 1. The molecule has 3 atom stereocenters. The Morgan fingerprint density at radius 1 is 1.36 bits per heavy atom. The number of carboxylic acid groups (broad SMARTS) is 1. The summed E-state index contributed by atoms with van der Waals surface area (Å²) in [5.41, 5.74) is 0. The Labute approximate surface area is 85.5 Å².